The predicted octanol–water partition coefficient (Wildman–Crippen LogP) is 7.07. The SMILES string of the molecule is C=C[C@H](OC)[C@@H]1CC[C@H]1CN1Cc2ccc(Cl)cc2CCCCOC2=CC=C(C(=O)/N=[SH](=O)\[C@H](CC)CCC)CC21. The van der Waals surface area contributed by atoms with Gasteiger partial charge in [0.25, 0.3) is 5.91 Å². The molecular formula is C33H47ClN2O4S. The molecule has 0 N–H and O–H groups in total. The summed E-state index contributed by atoms with van der Waals surface area (Å²) in [6, 6.07) is 6.11. The van der Waals surface area contributed by atoms with E-state index in [1.54, 1.807) is 7.11 Å². The molecule has 0 radical (unpaired) electrons. The van der Waals surface area contributed by atoms with Crippen LogP contribution in [0.2, 0.25) is 5.02 Å². The maximum absolute atomic E-state index is 13.3. The van der Waals surface area contributed by atoms with Crippen LogP contribution in [0.25, 0.3) is 0 Å². The molecule has 41 heavy (non-hydrogen) atoms. The molecule has 8 heteroatoms. The first kappa shape index (κ1) is 32.0. The fourth-order valence-electron chi connectivity index (χ4n) is 6.43. The minimum Gasteiger partial charge on any atom is -0.496 e. The Labute approximate surface area is 253 Å². The number of benzene rings is 1. The number of aryl methyl sites for hydroxylation is 1. The van der Waals surface area contributed by atoms with Crippen LogP contribution in [-0.4, -0.2) is 52.7 Å². The Bertz CT molecular complexity index is 1220. The van der Waals surface area contributed by atoms with Gasteiger partial charge in [-0.05, 0) is 92.2 Å². The van der Waals surface area contributed by atoms with Gasteiger partial charge in [0, 0.05) is 53.1 Å². The van der Waals surface area contributed by atoms with Crippen molar-refractivity contribution >= 4 is 28.1 Å². The number of fused-ring (bicyclic) bond motifs is 2. The number of amides is 1. The first-order chi connectivity index (χ1) is 19.9. The van der Waals surface area contributed by atoms with Gasteiger partial charge in [-0.3, -0.25) is 13.9 Å². The van der Waals surface area contributed by atoms with Crippen LogP contribution in [0, 0.1) is 11.8 Å². The van der Waals surface area contributed by atoms with Gasteiger partial charge < -0.3 is 9.47 Å². The van der Waals surface area contributed by atoms with Crippen LogP contribution in [-0.2, 0) is 37.8 Å². The van der Waals surface area contributed by atoms with E-state index in [9.17, 15) is 9.00 Å². The van der Waals surface area contributed by atoms with Crippen LogP contribution in [0.1, 0.15) is 76.3 Å². The topological polar surface area (TPSA) is 68.2 Å². The Hall–Kier alpha value is -1.93. The van der Waals surface area contributed by atoms with Crippen LogP contribution in [0.5, 0.6) is 0 Å². The fraction of sp³-hybridized carbons (Fsp3) is 0.606. The first-order valence-corrected chi connectivity index (χ1v) is 17.0. The number of ether oxygens (including phenoxy) is 2. The van der Waals surface area contributed by atoms with Crippen molar-refractivity contribution in [1.82, 2.24) is 4.90 Å². The van der Waals surface area contributed by atoms with Crippen molar-refractivity contribution in [3.05, 3.63) is 70.5 Å². The standard InChI is InChI=1S/C33H47ClN2O4S/c1-5-10-28(6-2)41(38)35-33(37)24-14-17-32-30(20-24)36(22-26-13-16-29(26)31(7-3)39-4)21-25-12-15-27(34)19-23(25)11-8-9-18-40-32/h7,12,14-15,17,19,26,28-31,41H,3,5-6,8-11,13,16,18,20-22H2,1-2,4H3/t26-,28+,29+,30?,31-/m0/s1. The Morgan fingerprint density at radius 1 is 1.27 bits per heavy atom. The van der Waals surface area contributed by atoms with Crippen molar-refractivity contribution < 1.29 is 18.5 Å². The quantitative estimate of drug-likeness (QED) is 0.229. The molecule has 6 atom stereocenters. The maximum atomic E-state index is 13.3. The van der Waals surface area contributed by atoms with Crippen LogP contribution in [0.4, 0.5) is 0 Å². The summed E-state index contributed by atoms with van der Waals surface area (Å²) < 4.78 is 29.3. The molecule has 2 aliphatic carbocycles. The van der Waals surface area contributed by atoms with Gasteiger partial charge in [0.2, 0.25) is 0 Å². The number of nitrogens with zero attached hydrogens (tertiary/aromatic N) is 2. The minimum absolute atomic E-state index is 0.0307. The van der Waals surface area contributed by atoms with E-state index in [4.69, 9.17) is 21.1 Å². The molecule has 1 aromatic carbocycles. The highest BCUT2D eigenvalue weighted by atomic mass is 35.5. The average Bonchev–Trinajstić information content (AvgIpc) is 2.99. The molecule has 0 spiro atoms. The highest BCUT2D eigenvalue weighted by molar-refractivity contribution is 7.76. The van der Waals surface area contributed by atoms with Gasteiger partial charge in [0.1, 0.15) is 5.76 Å². The van der Waals surface area contributed by atoms with Crippen LogP contribution < -0.4 is 0 Å². The summed E-state index contributed by atoms with van der Waals surface area (Å²) in [6.45, 7) is 10.3. The summed E-state index contributed by atoms with van der Waals surface area (Å²) in [6.07, 6.45) is 13.9. The highest BCUT2D eigenvalue weighted by Gasteiger charge is 2.39. The van der Waals surface area contributed by atoms with E-state index in [0.717, 1.165) is 75.2 Å². The Morgan fingerprint density at radius 2 is 2.10 bits per heavy atom. The monoisotopic (exact) mass is 602 g/mol. The van der Waals surface area contributed by atoms with Crippen molar-refractivity contribution in [2.45, 2.75) is 95.6 Å². The second-order valence-electron chi connectivity index (χ2n) is 11.6. The van der Waals surface area contributed by atoms with Crippen LogP contribution in [0.15, 0.2) is 58.7 Å². The fourth-order valence-corrected chi connectivity index (χ4v) is 7.89. The normalized spacial score (nSPS) is 25.6. The molecule has 1 heterocycles. The third-order valence-electron chi connectivity index (χ3n) is 9.02. The second kappa shape index (κ2) is 15.5. The van der Waals surface area contributed by atoms with Crippen LogP contribution in [0.3, 0.4) is 0 Å². The number of hydrogen-bond acceptors (Lipinski definition) is 5. The lowest BCUT2D eigenvalue weighted by Gasteiger charge is -2.45. The van der Waals surface area contributed by atoms with E-state index in [1.165, 1.54) is 11.1 Å². The summed E-state index contributed by atoms with van der Waals surface area (Å²) >= 11 is 6.42. The number of halogens is 1. The van der Waals surface area contributed by atoms with Gasteiger partial charge in [-0.15, -0.1) is 6.58 Å². The lowest BCUT2D eigenvalue weighted by Crippen LogP contribution is -2.47. The number of rotatable bonds is 10. The molecule has 0 saturated heterocycles. The molecule has 0 bridgehead atoms. The summed E-state index contributed by atoms with van der Waals surface area (Å²) in [5.41, 5.74) is 3.13. The second-order valence-corrected chi connectivity index (χ2v) is 13.6. The van der Waals surface area contributed by atoms with Crippen molar-refractivity contribution in [3.8, 4) is 0 Å². The van der Waals surface area contributed by atoms with E-state index in [0.29, 0.717) is 30.4 Å². The number of carbonyl (C=O) groups excluding carboxylic acids is 1. The molecule has 0 aromatic heterocycles. The smallest absolute Gasteiger partial charge is 0.280 e. The van der Waals surface area contributed by atoms with Gasteiger partial charge in [-0.25, -0.2) is 0 Å². The number of methoxy groups -OCH3 is 1. The molecule has 4 rings (SSSR count). The van der Waals surface area contributed by atoms with Gasteiger partial charge in [-0.2, -0.15) is 4.36 Å². The highest BCUT2D eigenvalue weighted by Crippen LogP contribution is 2.41. The number of thiol groups is 1. The minimum atomic E-state index is -1.94. The van der Waals surface area contributed by atoms with E-state index in [1.807, 2.05) is 31.2 Å². The maximum Gasteiger partial charge on any atom is 0.280 e. The molecule has 2 unspecified atom stereocenters. The van der Waals surface area contributed by atoms with Gasteiger partial charge in [0.05, 0.1) is 18.8 Å². The first-order valence-electron chi connectivity index (χ1n) is 15.3. The zero-order chi connectivity index (χ0) is 29.4. The van der Waals surface area contributed by atoms with Crippen molar-refractivity contribution in [3.63, 3.8) is 0 Å². The summed E-state index contributed by atoms with van der Waals surface area (Å²) in [5.74, 6) is 1.40. The zero-order valence-corrected chi connectivity index (χ0v) is 26.5. The summed E-state index contributed by atoms with van der Waals surface area (Å²) in [5, 5.41) is 0.705. The van der Waals surface area contributed by atoms with Gasteiger partial charge >= 0.3 is 0 Å². The van der Waals surface area contributed by atoms with E-state index in [2.05, 4.69) is 34.9 Å². The molecule has 1 saturated carbocycles. The Morgan fingerprint density at radius 3 is 2.78 bits per heavy atom. The number of hydrogen-bond donors (Lipinski definition) is 1. The molecule has 1 aliphatic heterocycles. The van der Waals surface area contributed by atoms with Gasteiger partial charge in [-0.1, -0.05) is 44.0 Å². The summed E-state index contributed by atoms with van der Waals surface area (Å²) in [7, 11) is -0.189. The third kappa shape index (κ3) is 8.13. The lowest BCUT2D eigenvalue weighted by atomic mass is 9.70. The van der Waals surface area contributed by atoms with Gasteiger partial charge in [0.15, 0.2) is 0 Å². The summed E-state index contributed by atoms with van der Waals surface area (Å²) in [4.78, 5) is 15.8. The predicted molar refractivity (Wildman–Crippen MR) is 168 cm³/mol. The van der Waals surface area contributed by atoms with Crippen molar-refractivity contribution in [1.29, 1.82) is 0 Å². The largest absolute Gasteiger partial charge is 0.496 e. The lowest BCUT2D eigenvalue weighted by molar-refractivity contribution is -0.114. The average molecular weight is 603 g/mol. The van der Waals surface area contributed by atoms with Crippen molar-refractivity contribution in [2.75, 3.05) is 20.3 Å². The molecule has 3 aliphatic rings. The molecule has 1 fully saturated rings. The Kier molecular flexibility index (Phi) is 12.1. The van der Waals surface area contributed by atoms with Crippen molar-refractivity contribution in [2.24, 2.45) is 16.2 Å². The molecule has 1 amide bonds. The molecule has 6 nitrogen and oxygen atoms in total. The molecule has 226 valence electrons. The molecular weight excluding hydrogens is 556 g/mol. The third-order valence-corrected chi connectivity index (χ3v) is 10.9. The van der Waals surface area contributed by atoms with Crippen LogP contribution >= 0.6 is 11.6 Å². The molecule has 1 aromatic rings. The zero-order valence-electron chi connectivity index (χ0n) is 24.9. The van der Waals surface area contributed by atoms with E-state index < -0.39 is 10.6 Å². The van der Waals surface area contributed by atoms with E-state index >= 15 is 0 Å². The van der Waals surface area contributed by atoms with E-state index in [-0.39, 0.29) is 23.3 Å². The Balaban J connectivity index is 1.66. The number of allylic oxidation sites excluding steroid dienone is 2. The number of carbonyl (C=O) groups is 1.